The molecule has 20 heteroatoms. The fourth-order valence-electron chi connectivity index (χ4n) is 6.54. The minimum atomic E-state index is -4.74. The van der Waals surface area contributed by atoms with Crippen molar-refractivity contribution in [2.75, 3.05) is 52.4 Å². The number of carboxylic acid groups (broad SMARTS) is 3. The van der Waals surface area contributed by atoms with E-state index in [9.17, 15) is 42.9 Å². The smallest absolute Gasteiger partial charge is 0.416 e. The SMILES string of the molecule is C[C@H](C(=O)O)N1CCN2CCN([C@H](C)C(=O)O)CCN(CC1)Cc1cc(C(=O)O)cc(n1)-c1c(C(C)(C)N)nnn1Cc1cc(C(F)(F)F)cc(n1)C2.[Er]. The summed E-state index contributed by atoms with van der Waals surface area (Å²) in [6.45, 7) is 8.29. The van der Waals surface area contributed by atoms with Gasteiger partial charge in [0.05, 0.1) is 46.0 Å². The van der Waals surface area contributed by atoms with Gasteiger partial charge in [0.1, 0.15) is 23.5 Å². The van der Waals surface area contributed by atoms with Crippen molar-refractivity contribution in [3.05, 3.63) is 58.2 Å². The summed E-state index contributed by atoms with van der Waals surface area (Å²) in [7, 11) is 0. The van der Waals surface area contributed by atoms with E-state index in [1.54, 1.807) is 37.5 Å². The first-order valence-electron chi connectivity index (χ1n) is 17.2. The summed E-state index contributed by atoms with van der Waals surface area (Å²) >= 11 is 0. The van der Waals surface area contributed by atoms with Crippen LogP contribution >= 0.6 is 0 Å². The first-order valence-corrected chi connectivity index (χ1v) is 17.2. The predicted molar refractivity (Wildman–Crippen MR) is 184 cm³/mol. The van der Waals surface area contributed by atoms with Crippen LogP contribution in [0.25, 0.3) is 11.4 Å². The van der Waals surface area contributed by atoms with E-state index in [4.69, 9.17) is 10.7 Å². The number of nitrogens with zero attached hydrogens (tertiary/aromatic N) is 9. The standard InChI is InChI=1S/C34H45F3N10O6.Er/c1-20(30(48)49)45-9-5-43-6-10-46(21(2)31(50)51)12-8-44(7-11-45)18-25-15-23(34(35,36)37)16-26(39-25)19-47-28(29(41-42-47)33(3,4)38)27-14-22(32(52)53)13-24(17-43)40-27;/h13-16,20-21H,5-12,17-19,38H2,1-4H3,(H,48,49)(H,50,51)(H,52,53);/t20-,21-;/m1./s1. The van der Waals surface area contributed by atoms with E-state index >= 15 is 0 Å². The molecule has 0 amide bonds. The van der Waals surface area contributed by atoms with Crippen molar-refractivity contribution >= 4 is 17.9 Å². The van der Waals surface area contributed by atoms with Crippen LogP contribution in [0.5, 0.6) is 0 Å². The Labute approximate surface area is 339 Å². The second-order valence-electron chi connectivity index (χ2n) is 14.2. The number of carbonyl (C=O) groups is 3. The molecule has 1 saturated heterocycles. The van der Waals surface area contributed by atoms with Gasteiger partial charge in [0.25, 0.3) is 0 Å². The third-order valence-electron chi connectivity index (χ3n) is 9.68. The Morgan fingerprint density at radius 3 is 1.63 bits per heavy atom. The van der Waals surface area contributed by atoms with E-state index in [2.05, 4.69) is 15.3 Å². The summed E-state index contributed by atoms with van der Waals surface area (Å²) < 4.78 is 44.5. The maximum atomic E-state index is 14.4. The minimum absolute atomic E-state index is 0. The van der Waals surface area contributed by atoms with E-state index < -0.39 is 47.3 Å². The molecule has 3 aliphatic heterocycles. The van der Waals surface area contributed by atoms with E-state index in [0.29, 0.717) is 18.8 Å². The molecule has 5 N–H and O–H groups in total. The number of hydrogen-bond donors (Lipinski definition) is 4. The Hall–Kier alpha value is -3.31. The number of alkyl halides is 3. The van der Waals surface area contributed by atoms with Gasteiger partial charge in [-0.2, -0.15) is 13.2 Å². The summed E-state index contributed by atoms with van der Waals surface area (Å²) in [6.07, 6.45) is -4.74. The van der Waals surface area contributed by atoms with Gasteiger partial charge in [-0.25, -0.2) is 14.5 Å². The number of aliphatic carboxylic acids is 2. The molecule has 0 aliphatic carbocycles. The molecule has 3 aliphatic rings. The fraction of sp³-hybridized carbons (Fsp3) is 0.559. The molecule has 1 fully saturated rings. The Bertz CT molecular complexity index is 1800. The number of carboxylic acids is 3. The molecule has 0 radical (unpaired) electrons. The Balaban J connectivity index is 0.00000650. The normalized spacial score (nSPS) is 20.5. The van der Waals surface area contributed by atoms with Crippen molar-refractivity contribution in [3.8, 4) is 11.4 Å². The number of aromatic nitrogens is 5. The molecule has 3 aromatic rings. The summed E-state index contributed by atoms with van der Waals surface area (Å²) in [5.74, 6) is -3.35. The average molecular weight is 914 g/mol. The molecule has 6 rings (SSSR count). The second-order valence-corrected chi connectivity index (χ2v) is 14.2. The number of pyridine rings is 2. The predicted octanol–water partition coefficient (Wildman–Crippen LogP) is 1.88. The monoisotopic (exact) mass is 912 g/mol. The van der Waals surface area contributed by atoms with E-state index in [-0.39, 0.29) is 130 Å². The van der Waals surface area contributed by atoms with Crippen LogP contribution in [0.2, 0.25) is 0 Å². The van der Waals surface area contributed by atoms with Crippen molar-refractivity contribution in [2.45, 2.75) is 71.1 Å². The number of halogens is 3. The van der Waals surface area contributed by atoms with E-state index in [0.717, 1.165) is 12.1 Å². The van der Waals surface area contributed by atoms with E-state index in [1.807, 2.05) is 9.80 Å². The summed E-state index contributed by atoms with van der Waals surface area (Å²) in [5.41, 5.74) is 5.25. The number of fused-ring (bicyclic) bond motifs is 8. The van der Waals surface area contributed by atoms with Gasteiger partial charge in [-0.15, -0.1) is 5.10 Å². The number of nitrogens with two attached hydrogens (primary N) is 1. The van der Waals surface area contributed by atoms with Crippen LogP contribution in [0.4, 0.5) is 13.2 Å². The molecule has 3 aromatic heterocycles. The van der Waals surface area contributed by atoms with Gasteiger partial charge in [0.2, 0.25) is 0 Å². The van der Waals surface area contributed by atoms with Crippen LogP contribution in [0.15, 0.2) is 24.3 Å². The maximum absolute atomic E-state index is 14.4. The van der Waals surface area contributed by atoms with Gasteiger partial charge in [-0.05, 0) is 52.0 Å². The molecule has 0 aromatic carbocycles. The zero-order valence-electron chi connectivity index (χ0n) is 30.3. The Kier molecular flexibility index (Phi) is 14.2. The second kappa shape index (κ2) is 17.7. The van der Waals surface area contributed by atoms with Crippen molar-refractivity contribution < 1.29 is 80.2 Å². The van der Waals surface area contributed by atoms with E-state index in [1.165, 1.54) is 16.8 Å². The first-order chi connectivity index (χ1) is 24.8. The third-order valence-corrected chi connectivity index (χ3v) is 9.68. The largest absolute Gasteiger partial charge is 0.480 e. The molecule has 2 atom stereocenters. The molecular formula is C34H45ErF3N10O6. The zero-order valence-corrected chi connectivity index (χ0v) is 32.2. The number of aromatic carboxylic acids is 1. The molecule has 54 heavy (non-hydrogen) atoms. The Morgan fingerprint density at radius 1 is 0.741 bits per heavy atom. The topological polar surface area (TPSA) is 207 Å². The third kappa shape index (κ3) is 10.7. The Morgan fingerprint density at radius 2 is 1.20 bits per heavy atom. The molecule has 6 heterocycles. The van der Waals surface area contributed by atoms with Crippen LogP contribution in [0.1, 0.15) is 66.4 Å². The molecule has 0 unspecified atom stereocenters. The minimum Gasteiger partial charge on any atom is -0.480 e. The summed E-state index contributed by atoms with van der Waals surface area (Å²) in [4.78, 5) is 53.6. The number of rotatable bonds is 6. The van der Waals surface area contributed by atoms with Crippen molar-refractivity contribution in [3.63, 3.8) is 0 Å². The van der Waals surface area contributed by atoms with Gasteiger partial charge in [-0.3, -0.25) is 34.2 Å². The van der Waals surface area contributed by atoms with Crippen LogP contribution in [0, 0.1) is 37.3 Å². The summed E-state index contributed by atoms with van der Waals surface area (Å²) in [5, 5.41) is 38.6. The fourth-order valence-corrected chi connectivity index (χ4v) is 6.54. The van der Waals surface area contributed by atoms with Crippen molar-refractivity contribution in [1.29, 1.82) is 0 Å². The van der Waals surface area contributed by atoms with Crippen LogP contribution in [0.3, 0.4) is 0 Å². The summed E-state index contributed by atoms with van der Waals surface area (Å²) in [6, 6.07) is 2.81. The molecule has 0 spiro atoms. The van der Waals surface area contributed by atoms with Gasteiger partial charge >= 0.3 is 24.1 Å². The molecule has 6 bridgehead atoms. The van der Waals surface area contributed by atoms with Gasteiger partial charge in [-0.1, -0.05) is 5.21 Å². The van der Waals surface area contributed by atoms with Crippen molar-refractivity contribution in [1.82, 2.24) is 44.6 Å². The van der Waals surface area contributed by atoms with Gasteiger partial charge < -0.3 is 21.1 Å². The molecule has 16 nitrogen and oxygen atoms in total. The average Bonchev–Trinajstić information content (AvgIpc) is 3.49. The molecule has 300 valence electrons. The maximum Gasteiger partial charge on any atom is 0.416 e. The van der Waals surface area contributed by atoms with Crippen LogP contribution < -0.4 is 5.73 Å². The molecular weight excluding hydrogens is 869 g/mol. The quantitative estimate of drug-likeness (QED) is 0.279. The van der Waals surface area contributed by atoms with Crippen LogP contribution in [-0.2, 0) is 40.9 Å². The molecule has 0 saturated carbocycles. The van der Waals surface area contributed by atoms with Gasteiger partial charge in [0, 0.05) is 103 Å². The first kappa shape index (κ1) is 43.4. The zero-order chi connectivity index (χ0) is 38.8. The van der Waals surface area contributed by atoms with Gasteiger partial charge in [0.15, 0.2) is 0 Å². The van der Waals surface area contributed by atoms with Crippen molar-refractivity contribution in [2.24, 2.45) is 5.73 Å². The van der Waals surface area contributed by atoms with Crippen LogP contribution in [-0.4, -0.2) is 142 Å². The number of hydrogen-bond acceptors (Lipinski definition) is 12.